The molecule has 0 aromatic carbocycles. The van der Waals surface area contributed by atoms with Gasteiger partial charge in [0.25, 0.3) is 0 Å². The van der Waals surface area contributed by atoms with Gasteiger partial charge in [-0.25, -0.2) is 15.0 Å². The van der Waals surface area contributed by atoms with Crippen LogP contribution in [0.1, 0.15) is 48.9 Å². The molecule has 8 nitrogen and oxygen atoms in total. The first-order valence-electron chi connectivity index (χ1n) is 9.59. The highest BCUT2D eigenvalue weighted by Gasteiger charge is 2.26. The molecule has 0 atom stereocenters. The lowest BCUT2D eigenvalue weighted by Crippen LogP contribution is -2.34. The van der Waals surface area contributed by atoms with Crippen LogP contribution < -0.4 is 4.90 Å². The number of piperidine rings is 1. The standard InChI is InChI=1S/C19H26N8/c1-4-27-18(12-26-10-7-20-15(26)3)23-24-19(27)16-5-8-25(9-6-16)17-11-14(2)21-13-22-17/h7,10-11,13,16H,4-6,8-9,12H2,1-3H3. The summed E-state index contributed by atoms with van der Waals surface area (Å²) in [4.78, 5) is 15.3. The second-order valence-corrected chi connectivity index (χ2v) is 7.10. The summed E-state index contributed by atoms with van der Waals surface area (Å²) in [5.74, 6) is 4.57. The largest absolute Gasteiger partial charge is 0.356 e. The summed E-state index contributed by atoms with van der Waals surface area (Å²) in [5, 5.41) is 9.06. The molecule has 0 amide bonds. The van der Waals surface area contributed by atoms with Gasteiger partial charge in [-0.05, 0) is 33.6 Å². The van der Waals surface area contributed by atoms with Crippen LogP contribution in [0.5, 0.6) is 0 Å². The van der Waals surface area contributed by atoms with Gasteiger partial charge in [0.2, 0.25) is 0 Å². The Hall–Kier alpha value is -2.77. The summed E-state index contributed by atoms with van der Waals surface area (Å²) in [5.41, 5.74) is 1.01. The molecule has 4 rings (SSSR count). The van der Waals surface area contributed by atoms with Gasteiger partial charge in [0.05, 0.1) is 6.54 Å². The van der Waals surface area contributed by atoms with Gasteiger partial charge in [-0.2, -0.15) is 0 Å². The molecule has 0 N–H and O–H groups in total. The topological polar surface area (TPSA) is 77.5 Å². The Kier molecular flexibility index (Phi) is 4.87. The lowest BCUT2D eigenvalue weighted by molar-refractivity contribution is 0.461. The molecule has 142 valence electrons. The van der Waals surface area contributed by atoms with E-state index in [1.54, 1.807) is 6.33 Å². The van der Waals surface area contributed by atoms with Crippen molar-refractivity contribution in [3.8, 4) is 0 Å². The molecule has 0 aliphatic carbocycles. The van der Waals surface area contributed by atoms with Crippen molar-refractivity contribution >= 4 is 5.82 Å². The first-order chi connectivity index (χ1) is 13.2. The van der Waals surface area contributed by atoms with Gasteiger partial charge < -0.3 is 14.0 Å². The molecule has 1 aliphatic heterocycles. The molecule has 0 radical (unpaired) electrons. The van der Waals surface area contributed by atoms with Crippen LogP contribution in [0, 0.1) is 13.8 Å². The van der Waals surface area contributed by atoms with Crippen molar-refractivity contribution in [2.75, 3.05) is 18.0 Å². The van der Waals surface area contributed by atoms with E-state index in [1.807, 2.05) is 26.2 Å². The number of aryl methyl sites for hydroxylation is 2. The van der Waals surface area contributed by atoms with Crippen LogP contribution in [0.2, 0.25) is 0 Å². The summed E-state index contributed by atoms with van der Waals surface area (Å²) in [6, 6.07) is 2.06. The van der Waals surface area contributed by atoms with Gasteiger partial charge in [0.15, 0.2) is 5.82 Å². The third-order valence-corrected chi connectivity index (χ3v) is 5.38. The summed E-state index contributed by atoms with van der Waals surface area (Å²) in [6.45, 7) is 9.74. The highest BCUT2D eigenvalue weighted by molar-refractivity contribution is 5.39. The molecule has 0 spiro atoms. The van der Waals surface area contributed by atoms with Crippen molar-refractivity contribution in [1.82, 2.24) is 34.3 Å². The van der Waals surface area contributed by atoms with Crippen molar-refractivity contribution in [3.05, 3.63) is 48.0 Å². The molecule has 27 heavy (non-hydrogen) atoms. The third kappa shape index (κ3) is 3.56. The van der Waals surface area contributed by atoms with Crippen LogP contribution in [-0.4, -0.2) is 47.4 Å². The molecule has 4 heterocycles. The number of hydrogen-bond acceptors (Lipinski definition) is 6. The molecule has 3 aromatic rings. The van der Waals surface area contributed by atoms with Gasteiger partial charge in [0.1, 0.15) is 23.8 Å². The second-order valence-electron chi connectivity index (χ2n) is 7.10. The predicted molar refractivity (Wildman–Crippen MR) is 103 cm³/mol. The van der Waals surface area contributed by atoms with E-state index in [0.29, 0.717) is 12.5 Å². The van der Waals surface area contributed by atoms with Crippen LogP contribution in [0.25, 0.3) is 0 Å². The number of imidazole rings is 1. The Labute approximate surface area is 159 Å². The maximum atomic E-state index is 4.57. The van der Waals surface area contributed by atoms with E-state index >= 15 is 0 Å². The average Bonchev–Trinajstić information content (AvgIpc) is 3.28. The maximum absolute atomic E-state index is 4.57. The molecule has 1 aliphatic rings. The summed E-state index contributed by atoms with van der Waals surface area (Å²) >= 11 is 0. The fourth-order valence-corrected chi connectivity index (χ4v) is 3.82. The number of nitrogens with zero attached hydrogens (tertiary/aromatic N) is 8. The van der Waals surface area contributed by atoms with Gasteiger partial charge >= 0.3 is 0 Å². The lowest BCUT2D eigenvalue weighted by Gasteiger charge is -2.32. The Morgan fingerprint density at radius 1 is 1.07 bits per heavy atom. The Morgan fingerprint density at radius 2 is 1.89 bits per heavy atom. The van der Waals surface area contributed by atoms with Gasteiger partial charge in [0, 0.05) is 49.7 Å². The Balaban J connectivity index is 1.47. The van der Waals surface area contributed by atoms with E-state index in [1.165, 1.54) is 0 Å². The van der Waals surface area contributed by atoms with Crippen molar-refractivity contribution < 1.29 is 0 Å². The Morgan fingerprint density at radius 3 is 2.56 bits per heavy atom. The summed E-state index contributed by atoms with van der Waals surface area (Å²) in [6.07, 6.45) is 7.59. The Bertz CT molecular complexity index is 904. The number of anilines is 1. The maximum Gasteiger partial charge on any atom is 0.153 e. The van der Waals surface area contributed by atoms with Crippen molar-refractivity contribution in [1.29, 1.82) is 0 Å². The van der Waals surface area contributed by atoms with Crippen LogP contribution >= 0.6 is 0 Å². The molecular weight excluding hydrogens is 340 g/mol. The van der Waals surface area contributed by atoms with Crippen LogP contribution in [0.3, 0.4) is 0 Å². The molecule has 1 fully saturated rings. The predicted octanol–water partition coefficient (Wildman–Crippen LogP) is 2.33. The monoisotopic (exact) mass is 366 g/mol. The first kappa shape index (κ1) is 17.6. The zero-order valence-electron chi connectivity index (χ0n) is 16.2. The summed E-state index contributed by atoms with van der Waals surface area (Å²) < 4.78 is 4.38. The van der Waals surface area contributed by atoms with Gasteiger partial charge in [-0.15, -0.1) is 10.2 Å². The van der Waals surface area contributed by atoms with E-state index in [2.05, 4.69) is 52.2 Å². The minimum Gasteiger partial charge on any atom is -0.356 e. The van der Waals surface area contributed by atoms with Crippen LogP contribution in [0.4, 0.5) is 5.82 Å². The summed E-state index contributed by atoms with van der Waals surface area (Å²) in [7, 11) is 0. The van der Waals surface area contributed by atoms with Crippen LogP contribution in [0.15, 0.2) is 24.8 Å². The molecule has 0 bridgehead atoms. The SMILES string of the molecule is CCn1c(Cn2ccnc2C)nnc1C1CCN(c2cc(C)ncn2)CC1. The molecule has 8 heteroatoms. The van der Waals surface area contributed by atoms with E-state index < -0.39 is 0 Å². The van der Waals surface area contributed by atoms with Crippen molar-refractivity contribution in [2.24, 2.45) is 0 Å². The van der Waals surface area contributed by atoms with Crippen molar-refractivity contribution in [2.45, 2.75) is 52.6 Å². The minimum absolute atomic E-state index is 0.439. The minimum atomic E-state index is 0.439. The normalized spacial score (nSPS) is 15.4. The lowest BCUT2D eigenvalue weighted by atomic mass is 9.96. The number of aromatic nitrogens is 7. The molecule has 1 saturated heterocycles. The fraction of sp³-hybridized carbons (Fsp3) is 0.526. The molecule has 3 aromatic heterocycles. The highest BCUT2D eigenvalue weighted by Crippen LogP contribution is 2.29. The van der Waals surface area contributed by atoms with Crippen molar-refractivity contribution in [3.63, 3.8) is 0 Å². The highest BCUT2D eigenvalue weighted by atomic mass is 15.3. The fourth-order valence-electron chi connectivity index (χ4n) is 3.82. The van der Waals surface area contributed by atoms with Gasteiger partial charge in [-0.1, -0.05) is 0 Å². The molecular formula is C19H26N8. The van der Waals surface area contributed by atoms with E-state index in [9.17, 15) is 0 Å². The average molecular weight is 366 g/mol. The third-order valence-electron chi connectivity index (χ3n) is 5.38. The smallest absolute Gasteiger partial charge is 0.153 e. The van der Waals surface area contributed by atoms with E-state index in [4.69, 9.17) is 0 Å². The van der Waals surface area contributed by atoms with Gasteiger partial charge in [-0.3, -0.25) is 0 Å². The zero-order valence-corrected chi connectivity index (χ0v) is 16.2. The number of rotatable bonds is 5. The van der Waals surface area contributed by atoms with E-state index in [-0.39, 0.29) is 0 Å². The molecule has 0 unspecified atom stereocenters. The van der Waals surface area contributed by atoms with Crippen LogP contribution in [-0.2, 0) is 13.1 Å². The number of hydrogen-bond donors (Lipinski definition) is 0. The first-order valence-corrected chi connectivity index (χ1v) is 9.59. The molecule has 0 saturated carbocycles. The quantitative estimate of drug-likeness (QED) is 0.690. The van der Waals surface area contributed by atoms with E-state index in [0.717, 1.165) is 61.5 Å². The second kappa shape index (κ2) is 7.46. The zero-order chi connectivity index (χ0) is 18.8.